The number of amides is 1. The molecule has 2 aliphatic heterocycles. The van der Waals surface area contributed by atoms with Gasteiger partial charge in [-0.3, -0.25) is 9.59 Å². The van der Waals surface area contributed by atoms with Gasteiger partial charge in [0.1, 0.15) is 6.10 Å². The fourth-order valence-electron chi connectivity index (χ4n) is 6.06. The number of aliphatic hydroxyl groups is 1. The molecular formula is C25H40N2O3. The van der Waals surface area contributed by atoms with E-state index in [0.29, 0.717) is 18.9 Å². The van der Waals surface area contributed by atoms with Crippen LogP contribution in [0.15, 0.2) is 0 Å². The maximum absolute atomic E-state index is 13.4. The average Bonchev–Trinajstić information content (AvgIpc) is 3.06. The smallest absolute Gasteiger partial charge is 0.226 e. The van der Waals surface area contributed by atoms with Crippen LogP contribution in [-0.4, -0.2) is 40.4 Å². The van der Waals surface area contributed by atoms with Crippen LogP contribution in [0.2, 0.25) is 0 Å². The third kappa shape index (κ3) is 4.90. The molecule has 1 amide bonds. The van der Waals surface area contributed by atoms with Crippen LogP contribution in [0.1, 0.15) is 91.4 Å². The molecule has 6 atom stereocenters. The number of carbonyl (C=O) groups excluding carboxylic acids is 2. The molecule has 2 heterocycles. The predicted molar refractivity (Wildman–Crippen MR) is 116 cm³/mol. The highest BCUT2D eigenvalue weighted by Crippen LogP contribution is 2.65. The van der Waals surface area contributed by atoms with E-state index in [2.05, 4.69) is 13.8 Å². The van der Waals surface area contributed by atoms with Gasteiger partial charge in [0, 0.05) is 24.8 Å². The SMILES string of the molecule is C[C@H]1CCCCCCCCCC[C@@H](C(O)C#N)CC(=O)[C@@H]2C3C(CN2C1=O)C3(C)C. The molecule has 5 heteroatoms. The Morgan fingerprint density at radius 2 is 1.60 bits per heavy atom. The summed E-state index contributed by atoms with van der Waals surface area (Å²) in [6.45, 7) is 7.09. The lowest BCUT2D eigenvalue weighted by molar-refractivity contribution is -0.143. The third-order valence-corrected chi connectivity index (χ3v) is 8.25. The summed E-state index contributed by atoms with van der Waals surface area (Å²) >= 11 is 0. The molecule has 0 aromatic heterocycles. The highest BCUT2D eigenvalue weighted by Gasteiger charge is 2.69. The number of piperidine rings is 1. The highest BCUT2D eigenvalue weighted by molar-refractivity contribution is 5.91. The molecule has 30 heavy (non-hydrogen) atoms. The van der Waals surface area contributed by atoms with Crippen LogP contribution in [0.5, 0.6) is 0 Å². The summed E-state index contributed by atoms with van der Waals surface area (Å²) in [7, 11) is 0. The van der Waals surface area contributed by atoms with E-state index >= 15 is 0 Å². The van der Waals surface area contributed by atoms with Crippen LogP contribution >= 0.6 is 0 Å². The van der Waals surface area contributed by atoms with Crippen molar-refractivity contribution in [1.82, 2.24) is 4.90 Å². The molecule has 3 fully saturated rings. The average molecular weight is 417 g/mol. The lowest BCUT2D eigenvalue weighted by atomic mass is 9.86. The summed E-state index contributed by atoms with van der Waals surface area (Å²) in [4.78, 5) is 28.5. The minimum atomic E-state index is -1.11. The molecule has 2 saturated heterocycles. The van der Waals surface area contributed by atoms with E-state index in [1.807, 2.05) is 17.9 Å². The standard InChI is InChI=1S/C25H40N2O3/c1-17-12-10-8-6-4-5-7-9-11-13-18(21(29)15-26)14-20(28)23-22-19(25(22,2)3)16-27(23)24(17)30/h17-19,21-23,29H,4-14,16H2,1-3H3/t17-,18+,19?,21?,22?,23+/m0/s1. The second kappa shape index (κ2) is 9.81. The van der Waals surface area contributed by atoms with Crippen molar-refractivity contribution in [2.75, 3.05) is 6.54 Å². The number of hydrogen-bond donors (Lipinski definition) is 1. The van der Waals surface area contributed by atoms with Gasteiger partial charge in [0.15, 0.2) is 5.78 Å². The van der Waals surface area contributed by atoms with Crippen LogP contribution < -0.4 is 0 Å². The number of nitrogens with zero attached hydrogens (tertiary/aromatic N) is 2. The maximum atomic E-state index is 13.4. The van der Waals surface area contributed by atoms with Gasteiger partial charge in [-0.25, -0.2) is 0 Å². The Morgan fingerprint density at radius 3 is 2.20 bits per heavy atom. The van der Waals surface area contributed by atoms with E-state index in [4.69, 9.17) is 0 Å². The molecule has 1 aliphatic carbocycles. The third-order valence-electron chi connectivity index (χ3n) is 8.25. The minimum Gasteiger partial charge on any atom is -0.378 e. The van der Waals surface area contributed by atoms with Crippen molar-refractivity contribution in [2.24, 2.45) is 29.1 Å². The first kappa shape index (κ1) is 23.3. The van der Waals surface area contributed by atoms with Crippen LogP contribution in [0.25, 0.3) is 0 Å². The quantitative estimate of drug-likeness (QED) is 0.639. The monoisotopic (exact) mass is 416 g/mol. The molecule has 3 rings (SSSR count). The van der Waals surface area contributed by atoms with Gasteiger partial charge in [-0.05, 0) is 30.1 Å². The van der Waals surface area contributed by atoms with Crippen molar-refractivity contribution in [3.05, 3.63) is 0 Å². The fourth-order valence-corrected chi connectivity index (χ4v) is 6.06. The summed E-state index contributed by atoms with van der Waals surface area (Å²) in [6.07, 6.45) is 9.82. The number of hydrogen-bond acceptors (Lipinski definition) is 4. The number of rotatable bonds is 1. The Kier molecular flexibility index (Phi) is 7.61. The Bertz CT molecular complexity index is 668. The summed E-state index contributed by atoms with van der Waals surface area (Å²) in [6, 6.07) is 1.58. The highest BCUT2D eigenvalue weighted by atomic mass is 16.3. The van der Waals surface area contributed by atoms with E-state index in [1.165, 1.54) is 32.1 Å². The molecule has 0 spiro atoms. The van der Waals surface area contributed by atoms with E-state index in [-0.39, 0.29) is 47.3 Å². The Balaban J connectivity index is 1.78. The second-order valence-electron chi connectivity index (χ2n) is 10.7. The van der Waals surface area contributed by atoms with E-state index < -0.39 is 6.10 Å². The summed E-state index contributed by atoms with van der Waals surface area (Å²) in [5.41, 5.74) is 0.0996. The van der Waals surface area contributed by atoms with Gasteiger partial charge in [-0.1, -0.05) is 72.1 Å². The van der Waals surface area contributed by atoms with Crippen molar-refractivity contribution >= 4 is 11.7 Å². The van der Waals surface area contributed by atoms with Crippen molar-refractivity contribution in [1.29, 1.82) is 5.26 Å². The molecule has 1 saturated carbocycles. The number of carbonyl (C=O) groups is 2. The van der Waals surface area contributed by atoms with Crippen molar-refractivity contribution in [3.8, 4) is 6.07 Å². The van der Waals surface area contributed by atoms with Gasteiger partial charge < -0.3 is 10.0 Å². The van der Waals surface area contributed by atoms with Crippen molar-refractivity contribution < 1.29 is 14.7 Å². The van der Waals surface area contributed by atoms with E-state index in [9.17, 15) is 20.0 Å². The lowest BCUT2D eigenvalue weighted by Gasteiger charge is -2.33. The lowest BCUT2D eigenvalue weighted by Crippen LogP contribution is -2.48. The van der Waals surface area contributed by atoms with Gasteiger partial charge in [-0.15, -0.1) is 0 Å². The van der Waals surface area contributed by atoms with Gasteiger partial charge in [0.2, 0.25) is 5.91 Å². The topological polar surface area (TPSA) is 81.4 Å². The summed E-state index contributed by atoms with van der Waals surface area (Å²) in [5, 5.41) is 19.5. The van der Waals surface area contributed by atoms with Crippen LogP contribution in [0.4, 0.5) is 0 Å². The molecule has 0 radical (unpaired) electrons. The predicted octanol–water partition coefficient (Wildman–Crippen LogP) is 4.48. The normalized spacial score (nSPS) is 36.9. The molecule has 3 aliphatic rings. The Morgan fingerprint density at radius 1 is 1.03 bits per heavy atom. The van der Waals surface area contributed by atoms with Gasteiger partial charge >= 0.3 is 0 Å². The first-order valence-corrected chi connectivity index (χ1v) is 12.2. The van der Waals surface area contributed by atoms with Crippen LogP contribution in [-0.2, 0) is 9.59 Å². The Labute approximate surface area is 182 Å². The molecule has 1 N–H and O–H groups in total. The van der Waals surface area contributed by atoms with Crippen LogP contribution in [0, 0.1) is 40.4 Å². The second-order valence-corrected chi connectivity index (χ2v) is 10.7. The number of aliphatic hydroxyl groups excluding tert-OH is 1. The fraction of sp³-hybridized carbons (Fsp3) is 0.880. The first-order chi connectivity index (χ1) is 14.3. The van der Waals surface area contributed by atoms with Gasteiger partial charge in [0.05, 0.1) is 12.1 Å². The van der Waals surface area contributed by atoms with Gasteiger partial charge in [0.25, 0.3) is 0 Å². The summed E-state index contributed by atoms with van der Waals surface area (Å²) < 4.78 is 0. The maximum Gasteiger partial charge on any atom is 0.226 e. The zero-order valence-electron chi connectivity index (χ0n) is 19.1. The molecule has 168 valence electrons. The van der Waals surface area contributed by atoms with E-state index in [0.717, 1.165) is 25.7 Å². The summed E-state index contributed by atoms with van der Waals surface area (Å²) in [5.74, 6) is 0.427. The number of ketones is 1. The number of nitriles is 1. The molecule has 5 nitrogen and oxygen atoms in total. The minimum absolute atomic E-state index is 0.0444. The first-order valence-electron chi connectivity index (χ1n) is 12.2. The largest absolute Gasteiger partial charge is 0.378 e. The number of Topliss-reactive ketones (excluding diaryl/α,β-unsaturated/α-hetero) is 1. The zero-order valence-corrected chi connectivity index (χ0v) is 19.1. The molecule has 0 aromatic rings. The van der Waals surface area contributed by atoms with Crippen molar-refractivity contribution in [2.45, 2.75) is 104 Å². The molecular weight excluding hydrogens is 376 g/mol. The van der Waals surface area contributed by atoms with E-state index in [1.54, 1.807) is 0 Å². The molecule has 0 bridgehead atoms. The van der Waals surface area contributed by atoms with Crippen LogP contribution in [0.3, 0.4) is 0 Å². The number of fused-ring (bicyclic) bond motifs is 3. The zero-order chi connectivity index (χ0) is 21.9. The van der Waals surface area contributed by atoms with Gasteiger partial charge in [-0.2, -0.15) is 5.26 Å². The van der Waals surface area contributed by atoms with Crippen molar-refractivity contribution in [3.63, 3.8) is 0 Å². The molecule has 3 unspecified atom stereocenters. The molecule has 0 aromatic carbocycles. The Hall–Kier alpha value is -1.41.